The fraction of sp³-hybridized carbons (Fsp3) is 0.375. The van der Waals surface area contributed by atoms with Gasteiger partial charge in [0.05, 0.1) is 29.7 Å². The number of aliphatic hydroxyl groups excluding tert-OH is 1. The summed E-state index contributed by atoms with van der Waals surface area (Å²) in [5, 5.41) is 11.2. The Balaban J connectivity index is 1.71. The molecule has 2 aliphatic heterocycles. The van der Waals surface area contributed by atoms with Gasteiger partial charge in [-0.25, -0.2) is 8.42 Å². The van der Waals surface area contributed by atoms with Crippen LogP contribution in [0.4, 0.5) is 0 Å². The van der Waals surface area contributed by atoms with E-state index in [4.69, 9.17) is 4.74 Å². The number of nitrogens with zero attached hydrogens (tertiary/aromatic N) is 4. The van der Waals surface area contributed by atoms with Gasteiger partial charge in [0.2, 0.25) is 10.0 Å². The van der Waals surface area contributed by atoms with E-state index in [9.17, 15) is 23.1 Å². The van der Waals surface area contributed by atoms with Gasteiger partial charge in [-0.2, -0.15) is 4.31 Å². The van der Waals surface area contributed by atoms with Gasteiger partial charge >= 0.3 is 0 Å². The maximum absolute atomic E-state index is 13.0. The van der Waals surface area contributed by atoms with Crippen molar-refractivity contribution in [2.24, 2.45) is 0 Å². The first-order valence-electron chi connectivity index (χ1n) is 11.2. The molecule has 1 amide bonds. The van der Waals surface area contributed by atoms with Crippen molar-refractivity contribution in [2.45, 2.75) is 10.9 Å². The standard InChI is InChI=1S/C24H28N4O6S/c1-26(2)10-11-28-21(18-4-3-9-25-16-18)20(23(30)24(28)31)22(29)17-5-7-19(8-6-17)35(32,33)27-12-14-34-15-13-27/h3-9,16,21,29H,10-15H2,1-2H3/t21-/m1/s1. The number of carbonyl (C=O) groups excluding carboxylic acids is 2. The number of ketones is 1. The number of likely N-dealkylation sites (N-methyl/N-ethyl adjacent to an activating group) is 1. The number of Topliss-reactive ketones (excluding diaryl/α,β-unsaturated/α-hetero) is 1. The van der Waals surface area contributed by atoms with E-state index in [1.165, 1.54) is 33.5 Å². The molecule has 3 heterocycles. The molecule has 0 radical (unpaired) electrons. The zero-order valence-corrected chi connectivity index (χ0v) is 20.4. The van der Waals surface area contributed by atoms with Crippen LogP contribution in [-0.2, 0) is 24.3 Å². The van der Waals surface area contributed by atoms with E-state index >= 15 is 0 Å². The normalized spacial score (nSPS) is 21.1. The first-order chi connectivity index (χ1) is 16.7. The van der Waals surface area contributed by atoms with E-state index in [-0.39, 0.29) is 41.4 Å². The average molecular weight is 501 g/mol. The Hall–Kier alpha value is -3.12. The third-order valence-corrected chi connectivity index (χ3v) is 7.98. The number of ether oxygens (including phenoxy) is 1. The van der Waals surface area contributed by atoms with Crippen LogP contribution in [0.5, 0.6) is 0 Å². The summed E-state index contributed by atoms with van der Waals surface area (Å²) in [4.78, 5) is 33.5. The molecule has 10 nitrogen and oxygen atoms in total. The predicted octanol–water partition coefficient (Wildman–Crippen LogP) is 1.09. The molecule has 0 bridgehead atoms. The highest BCUT2D eigenvalue weighted by Crippen LogP contribution is 2.39. The molecular formula is C24H28N4O6S. The van der Waals surface area contributed by atoms with Crippen molar-refractivity contribution < 1.29 is 27.9 Å². The van der Waals surface area contributed by atoms with Gasteiger partial charge in [0.25, 0.3) is 11.7 Å². The number of carbonyl (C=O) groups is 2. The number of aliphatic hydroxyl groups is 1. The fourth-order valence-corrected chi connectivity index (χ4v) is 5.59. The number of hydrogen-bond acceptors (Lipinski definition) is 8. The molecule has 1 aromatic heterocycles. The van der Waals surface area contributed by atoms with Crippen molar-refractivity contribution in [3.8, 4) is 0 Å². The molecule has 1 N–H and O–H groups in total. The first kappa shape index (κ1) is 25.0. The number of morpholine rings is 1. The number of amides is 1. The maximum atomic E-state index is 13.0. The molecule has 35 heavy (non-hydrogen) atoms. The van der Waals surface area contributed by atoms with Crippen molar-refractivity contribution in [2.75, 3.05) is 53.5 Å². The molecule has 2 fully saturated rings. The quantitative estimate of drug-likeness (QED) is 0.341. The van der Waals surface area contributed by atoms with Gasteiger partial charge in [0.15, 0.2) is 0 Å². The first-order valence-corrected chi connectivity index (χ1v) is 12.7. The number of rotatable bonds is 7. The lowest BCUT2D eigenvalue weighted by Crippen LogP contribution is -2.40. The molecule has 0 aliphatic carbocycles. The Morgan fingerprint density at radius 2 is 1.83 bits per heavy atom. The lowest BCUT2D eigenvalue weighted by Gasteiger charge is -2.26. The number of aromatic nitrogens is 1. The van der Waals surface area contributed by atoms with Crippen LogP contribution in [0, 0.1) is 0 Å². The average Bonchev–Trinajstić information content (AvgIpc) is 3.13. The molecule has 2 aromatic rings. The summed E-state index contributed by atoms with van der Waals surface area (Å²) in [7, 11) is 0.0189. The molecular weight excluding hydrogens is 472 g/mol. The van der Waals surface area contributed by atoms with Gasteiger partial charge in [-0.15, -0.1) is 0 Å². The summed E-state index contributed by atoms with van der Waals surface area (Å²) in [5.74, 6) is -1.85. The highest BCUT2D eigenvalue weighted by Gasteiger charge is 2.46. The molecule has 0 saturated carbocycles. The van der Waals surface area contributed by atoms with E-state index in [2.05, 4.69) is 4.98 Å². The summed E-state index contributed by atoms with van der Waals surface area (Å²) < 4.78 is 32.4. The van der Waals surface area contributed by atoms with E-state index < -0.39 is 27.8 Å². The van der Waals surface area contributed by atoms with Gasteiger partial charge in [-0.3, -0.25) is 14.6 Å². The Bertz CT molecular complexity index is 1220. The van der Waals surface area contributed by atoms with Gasteiger partial charge in [0, 0.05) is 44.1 Å². The van der Waals surface area contributed by atoms with Gasteiger partial charge < -0.3 is 19.6 Å². The van der Waals surface area contributed by atoms with Gasteiger partial charge in [0.1, 0.15) is 5.76 Å². The number of benzene rings is 1. The van der Waals surface area contributed by atoms with Crippen LogP contribution in [0.15, 0.2) is 59.3 Å². The molecule has 2 aliphatic rings. The third kappa shape index (κ3) is 4.98. The van der Waals surface area contributed by atoms with E-state index in [1.54, 1.807) is 24.5 Å². The minimum absolute atomic E-state index is 0.0504. The highest BCUT2D eigenvalue weighted by molar-refractivity contribution is 7.89. The van der Waals surface area contributed by atoms with E-state index in [1.807, 2.05) is 19.0 Å². The van der Waals surface area contributed by atoms with E-state index in [0.29, 0.717) is 25.3 Å². The summed E-state index contributed by atoms with van der Waals surface area (Å²) in [6.45, 7) is 2.01. The monoisotopic (exact) mass is 500 g/mol. The van der Waals surface area contributed by atoms with Gasteiger partial charge in [-0.05, 0) is 50.0 Å². The van der Waals surface area contributed by atoms with E-state index in [0.717, 1.165) is 0 Å². The lowest BCUT2D eigenvalue weighted by molar-refractivity contribution is -0.140. The highest BCUT2D eigenvalue weighted by atomic mass is 32.2. The third-order valence-electron chi connectivity index (χ3n) is 6.06. The molecule has 4 rings (SSSR count). The lowest BCUT2D eigenvalue weighted by atomic mass is 9.96. The summed E-state index contributed by atoms with van der Waals surface area (Å²) >= 11 is 0. The second-order valence-corrected chi connectivity index (χ2v) is 10.6. The topological polar surface area (TPSA) is 120 Å². The summed E-state index contributed by atoms with van der Waals surface area (Å²) in [6.07, 6.45) is 3.15. The van der Waals surface area contributed by atoms with Crippen LogP contribution in [0.2, 0.25) is 0 Å². The minimum Gasteiger partial charge on any atom is -0.507 e. The molecule has 0 unspecified atom stereocenters. The van der Waals surface area contributed by atoms with Crippen LogP contribution in [0.25, 0.3) is 5.76 Å². The Morgan fingerprint density at radius 3 is 2.43 bits per heavy atom. The Morgan fingerprint density at radius 1 is 1.14 bits per heavy atom. The molecule has 1 atom stereocenters. The zero-order chi connectivity index (χ0) is 25.2. The fourth-order valence-electron chi connectivity index (χ4n) is 4.18. The largest absolute Gasteiger partial charge is 0.507 e. The molecule has 1 aromatic carbocycles. The molecule has 2 saturated heterocycles. The van der Waals surface area contributed by atoms with Crippen LogP contribution < -0.4 is 0 Å². The van der Waals surface area contributed by atoms with Crippen LogP contribution in [-0.4, -0.2) is 97.8 Å². The maximum Gasteiger partial charge on any atom is 0.295 e. The van der Waals surface area contributed by atoms with Gasteiger partial charge in [-0.1, -0.05) is 6.07 Å². The Labute approximate surface area is 204 Å². The second kappa shape index (κ2) is 10.2. The van der Waals surface area contributed by atoms with Crippen molar-refractivity contribution in [3.05, 3.63) is 65.5 Å². The number of pyridine rings is 1. The summed E-state index contributed by atoms with van der Waals surface area (Å²) in [6, 6.07) is 8.30. The summed E-state index contributed by atoms with van der Waals surface area (Å²) in [5.41, 5.74) is 0.787. The SMILES string of the molecule is CN(C)CCN1C(=O)C(=O)C(=C(O)c2ccc(S(=O)(=O)N3CCOCC3)cc2)[C@H]1c1cccnc1. The predicted molar refractivity (Wildman–Crippen MR) is 128 cm³/mol. The zero-order valence-electron chi connectivity index (χ0n) is 19.6. The van der Waals surface area contributed by atoms with Crippen LogP contribution in [0.1, 0.15) is 17.2 Å². The molecule has 11 heteroatoms. The second-order valence-electron chi connectivity index (χ2n) is 8.62. The molecule has 186 valence electrons. The van der Waals surface area contributed by atoms with Crippen molar-refractivity contribution in [1.29, 1.82) is 0 Å². The smallest absolute Gasteiger partial charge is 0.295 e. The van der Waals surface area contributed by atoms with Crippen molar-refractivity contribution in [3.63, 3.8) is 0 Å². The van der Waals surface area contributed by atoms with Crippen LogP contribution in [0.3, 0.4) is 0 Å². The minimum atomic E-state index is -3.71. The van der Waals surface area contributed by atoms with Crippen molar-refractivity contribution >= 4 is 27.5 Å². The number of hydrogen-bond donors (Lipinski definition) is 1. The number of sulfonamides is 1. The van der Waals surface area contributed by atoms with Crippen LogP contribution >= 0.6 is 0 Å². The molecule has 0 spiro atoms. The number of likely N-dealkylation sites (tertiary alicyclic amines) is 1. The Kier molecular flexibility index (Phi) is 7.31. The van der Waals surface area contributed by atoms with Crippen molar-refractivity contribution in [1.82, 2.24) is 19.1 Å².